The summed E-state index contributed by atoms with van der Waals surface area (Å²) in [4.78, 5) is 0. The first kappa shape index (κ1) is 12.5. The number of halogens is 2. The van der Waals surface area contributed by atoms with Crippen molar-refractivity contribution in [1.82, 2.24) is 0 Å². The van der Waals surface area contributed by atoms with Crippen molar-refractivity contribution in [3.05, 3.63) is 34.6 Å². The fraction of sp³-hybridized carbons (Fsp3) is 0.500. The Balaban J connectivity index is 2.67. The van der Waals surface area contributed by atoms with E-state index in [1.54, 1.807) is 12.1 Å². The monoisotopic (exact) mass is 229 g/mol. The quantitative estimate of drug-likeness (QED) is 0.842. The Morgan fingerprint density at radius 2 is 2.07 bits per heavy atom. The highest BCUT2D eigenvalue weighted by Crippen LogP contribution is 2.17. The van der Waals surface area contributed by atoms with E-state index in [4.69, 9.17) is 17.3 Å². The molecule has 0 amide bonds. The van der Waals surface area contributed by atoms with Crippen molar-refractivity contribution < 1.29 is 4.39 Å². The molecule has 1 unspecified atom stereocenters. The molecule has 3 heteroatoms. The van der Waals surface area contributed by atoms with Gasteiger partial charge in [-0.25, -0.2) is 4.39 Å². The fourth-order valence-corrected chi connectivity index (χ4v) is 1.87. The van der Waals surface area contributed by atoms with E-state index in [9.17, 15) is 4.39 Å². The molecule has 2 N–H and O–H groups in total. The average molecular weight is 230 g/mol. The van der Waals surface area contributed by atoms with Crippen molar-refractivity contribution in [1.29, 1.82) is 0 Å². The highest BCUT2D eigenvalue weighted by atomic mass is 35.5. The predicted molar refractivity (Wildman–Crippen MR) is 62.5 cm³/mol. The molecule has 0 bridgehead atoms. The normalized spacial score (nSPS) is 13.2. The lowest BCUT2D eigenvalue weighted by Gasteiger charge is -2.14. The van der Waals surface area contributed by atoms with Crippen molar-refractivity contribution in [2.75, 3.05) is 0 Å². The summed E-state index contributed by atoms with van der Waals surface area (Å²) < 4.78 is 13.4. The van der Waals surface area contributed by atoms with Gasteiger partial charge in [-0.05, 0) is 42.5 Å². The van der Waals surface area contributed by atoms with Crippen LogP contribution in [0.2, 0.25) is 5.02 Å². The van der Waals surface area contributed by atoms with Gasteiger partial charge in [0.05, 0.1) is 0 Å². The molecular formula is C12H17ClFN. The van der Waals surface area contributed by atoms with Gasteiger partial charge in [0.2, 0.25) is 0 Å². The van der Waals surface area contributed by atoms with Crippen LogP contribution in [0.3, 0.4) is 0 Å². The van der Waals surface area contributed by atoms with Gasteiger partial charge in [-0.15, -0.1) is 0 Å². The van der Waals surface area contributed by atoms with E-state index in [2.05, 4.69) is 13.8 Å². The summed E-state index contributed by atoms with van der Waals surface area (Å²) in [5, 5.41) is 0.558. The van der Waals surface area contributed by atoms with Crippen LogP contribution in [0.25, 0.3) is 0 Å². The summed E-state index contributed by atoms with van der Waals surface area (Å²) in [6.45, 7) is 4.21. The van der Waals surface area contributed by atoms with Crippen LogP contribution in [0.1, 0.15) is 25.8 Å². The second-order valence-corrected chi connectivity index (χ2v) is 4.77. The van der Waals surface area contributed by atoms with Crippen molar-refractivity contribution in [3.63, 3.8) is 0 Å². The minimum Gasteiger partial charge on any atom is -0.327 e. The van der Waals surface area contributed by atoms with Gasteiger partial charge in [0, 0.05) is 11.1 Å². The van der Waals surface area contributed by atoms with Crippen LogP contribution in [0.15, 0.2) is 18.2 Å². The van der Waals surface area contributed by atoms with Gasteiger partial charge in [-0.2, -0.15) is 0 Å². The third-order valence-corrected chi connectivity index (χ3v) is 2.50. The number of rotatable bonds is 4. The van der Waals surface area contributed by atoms with Gasteiger partial charge in [-0.3, -0.25) is 0 Å². The SMILES string of the molecule is CC(C)CC(N)Cc1cc(Cl)ccc1F. The molecule has 0 aliphatic carbocycles. The number of benzene rings is 1. The lowest BCUT2D eigenvalue weighted by atomic mass is 9.98. The molecule has 0 radical (unpaired) electrons. The van der Waals surface area contributed by atoms with Crippen LogP contribution in [0.5, 0.6) is 0 Å². The number of hydrogen-bond acceptors (Lipinski definition) is 1. The molecule has 0 heterocycles. The van der Waals surface area contributed by atoms with E-state index in [-0.39, 0.29) is 11.9 Å². The highest BCUT2D eigenvalue weighted by Gasteiger charge is 2.10. The fourth-order valence-electron chi connectivity index (χ4n) is 1.67. The zero-order valence-corrected chi connectivity index (χ0v) is 9.89. The third-order valence-electron chi connectivity index (χ3n) is 2.26. The molecule has 0 aromatic heterocycles. The molecule has 84 valence electrons. The van der Waals surface area contributed by atoms with Crippen LogP contribution in [-0.2, 0) is 6.42 Å². The Morgan fingerprint density at radius 3 is 2.67 bits per heavy atom. The van der Waals surface area contributed by atoms with E-state index in [1.165, 1.54) is 6.07 Å². The van der Waals surface area contributed by atoms with Crippen molar-refractivity contribution in [2.45, 2.75) is 32.7 Å². The molecule has 0 saturated heterocycles. The molecule has 1 atom stereocenters. The first-order valence-corrected chi connectivity index (χ1v) is 5.56. The summed E-state index contributed by atoms with van der Waals surface area (Å²) in [5.74, 6) is 0.306. The van der Waals surface area contributed by atoms with Gasteiger partial charge >= 0.3 is 0 Å². The predicted octanol–water partition coefficient (Wildman–Crippen LogP) is 3.40. The smallest absolute Gasteiger partial charge is 0.126 e. The summed E-state index contributed by atoms with van der Waals surface area (Å²) in [7, 11) is 0. The van der Waals surface area contributed by atoms with Crippen LogP contribution in [0.4, 0.5) is 4.39 Å². The lowest BCUT2D eigenvalue weighted by Crippen LogP contribution is -2.25. The molecule has 0 fully saturated rings. The summed E-state index contributed by atoms with van der Waals surface area (Å²) in [6.07, 6.45) is 1.44. The minimum atomic E-state index is -0.224. The second kappa shape index (κ2) is 5.47. The Morgan fingerprint density at radius 1 is 1.40 bits per heavy atom. The van der Waals surface area contributed by atoms with E-state index in [0.717, 1.165) is 6.42 Å². The molecule has 0 saturated carbocycles. The minimum absolute atomic E-state index is 0.00188. The molecular weight excluding hydrogens is 213 g/mol. The zero-order chi connectivity index (χ0) is 11.4. The van der Waals surface area contributed by atoms with Crippen LogP contribution in [0, 0.1) is 11.7 Å². The lowest BCUT2D eigenvalue weighted by molar-refractivity contribution is 0.485. The molecule has 1 aromatic carbocycles. The standard InChI is InChI=1S/C12H17ClFN/c1-8(2)5-11(15)7-9-6-10(13)3-4-12(9)14/h3-4,6,8,11H,5,7,15H2,1-2H3. The average Bonchev–Trinajstić information content (AvgIpc) is 2.10. The Kier molecular flexibility index (Phi) is 4.55. The van der Waals surface area contributed by atoms with E-state index in [0.29, 0.717) is 22.9 Å². The van der Waals surface area contributed by atoms with Gasteiger partial charge in [0.25, 0.3) is 0 Å². The largest absolute Gasteiger partial charge is 0.327 e. The molecule has 0 spiro atoms. The van der Waals surface area contributed by atoms with Crippen molar-refractivity contribution >= 4 is 11.6 Å². The van der Waals surface area contributed by atoms with Crippen molar-refractivity contribution in [3.8, 4) is 0 Å². The van der Waals surface area contributed by atoms with Crippen molar-refractivity contribution in [2.24, 2.45) is 11.7 Å². The zero-order valence-electron chi connectivity index (χ0n) is 9.13. The Labute approximate surface area is 95.4 Å². The molecule has 1 nitrogen and oxygen atoms in total. The summed E-state index contributed by atoms with van der Waals surface area (Å²) in [6, 6.07) is 4.59. The van der Waals surface area contributed by atoms with E-state index >= 15 is 0 Å². The third kappa shape index (κ3) is 4.18. The first-order chi connectivity index (χ1) is 6.99. The maximum atomic E-state index is 13.4. The highest BCUT2D eigenvalue weighted by molar-refractivity contribution is 6.30. The maximum absolute atomic E-state index is 13.4. The Hall–Kier alpha value is -0.600. The van der Waals surface area contributed by atoms with Crippen LogP contribution in [-0.4, -0.2) is 6.04 Å². The topological polar surface area (TPSA) is 26.0 Å². The molecule has 15 heavy (non-hydrogen) atoms. The number of nitrogens with two attached hydrogens (primary N) is 1. The Bertz CT molecular complexity index is 325. The molecule has 0 aliphatic heterocycles. The molecule has 1 aromatic rings. The number of hydrogen-bond donors (Lipinski definition) is 1. The second-order valence-electron chi connectivity index (χ2n) is 4.33. The summed E-state index contributed by atoms with van der Waals surface area (Å²) in [5.41, 5.74) is 6.52. The molecule has 0 aliphatic rings. The first-order valence-electron chi connectivity index (χ1n) is 5.18. The van der Waals surface area contributed by atoms with E-state index < -0.39 is 0 Å². The van der Waals surface area contributed by atoms with Gasteiger partial charge in [-0.1, -0.05) is 25.4 Å². The van der Waals surface area contributed by atoms with Gasteiger partial charge < -0.3 is 5.73 Å². The maximum Gasteiger partial charge on any atom is 0.126 e. The summed E-state index contributed by atoms with van der Waals surface area (Å²) >= 11 is 5.80. The molecule has 1 rings (SSSR count). The van der Waals surface area contributed by atoms with Gasteiger partial charge in [0.1, 0.15) is 5.82 Å². The van der Waals surface area contributed by atoms with Gasteiger partial charge in [0.15, 0.2) is 0 Å². The van der Waals surface area contributed by atoms with Crippen LogP contribution < -0.4 is 5.73 Å². The van der Waals surface area contributed by atoms with Crippen LogP contribution >= 0.6 is 11.6 Å². The van der Waals surface area contributed by atoms with E-state index in [1.807, 2.05) is 0 Å².